The molecule has 0 aliphatic rings. The van der Waals surface area contributed by atoms with Gasteiger partial charge in [-0.25, -0.2) is 13.4 Å². The van der Waals surface area contributed by atoms with Crippen LogP contribution in [0.3, 0.4) is 0 Å². The first-order valence-electron chi connectivity index (χ1n) is 8.45. The van der Waals surface area contributed by atoms with Crippen LogP contribution in [0.15, 0.2) is 47.8 Å². The van der Waals surface area contributed by atoms with Crippen molar-refractivity contribution < 1.29 is 26.4 Å². The number of amides is 1. The lowest BCUT2D eigenvalue weighted by Crippen LogP contribution is -2.14. The van der Waals surface area contributed by atoms with Crippen molar-refractivity contribution in [3.05, 3.63) is 64.7 Å². The van der Waals surface area contributed by atoms with Gasteiger partial charge in [-0.1, -0.05) is 18.2 Å². The third-order valence-corrected chi connectivity index (χ3v) is 5.45. The third-order valence-electron chi connectivity index (χ3n) is 3.96. The number of carbonyl (C=O) groups is 1. The molecule has 3 rings (SSSR count). The Morgan fingerprint density at radius 3 is 2.53 bits per heavy atom. The number of benzene rings is 2. The molecule has 0 bridgehead atoms. The standard InChI is InChI=1S/C19H16F3N3O3S2/c1-11-6-7-14(9-15(11)25-30(2,27)28)23-17(26)16-10-29-18(24-16)12-4-3-5-13(8-12)19(20,21)22/h3-10,25H,1-2H3,(H,23,26). The number of carbonyl (C=O) groups excluding carboxylic acids is 1. The first-order valence-corrected chi connectivity index (χ1v) is 11.2. The molecular weight excluding hydrogens is 439 g/mol. The van der Waals surface area contributed by atoms with Crippen LogP contribution in [0.4, 0.5) is 24.5 Å². The van der Waals surface area contributed by atoms with Crippen LogP contribution < -0.4 is 10.0 Å². The fraction of sp³-hybridized carbons (Fsp3) is 0.158. The highest BCUT2D eigenvalue weighted by Gasteiger charge is 2.30. The summed E-state index contributed by atoms with van der Waals surface area (Å²) in [4.78, 5) is 16.6. The first-order chi connectivity index (χ1) is 13.9. The Labute approximate surface area is 174 Å². The predicted octanol–water partition coefficient (Wildman–Crippen LogP) is 4.76. The number of nitrogens with one attached hydrogen (secondary N) is 2. The first kappa shape index (κ1) is 21.8. The van der Waals surface area contributed by atoms with Crippen LogP contribution in [0, 0.1) is 6.92 Å². The Kier molecular flexibility index (Phi) is 5.86. The predicted molar refractivity (Wildman–Crippen MR) is 110 cm³/mol. The topological polar surface area (TPSA) is 88.2 Å². The van der Waals surface area contributed by atoms with Gasteiger partial charge in [0.1, 0.15) is 10.7 Å². The van der Waals surface area contributed by atoms with Gasteiger partial charge in [-0.15, -0.1) is 11.3 Å². The molecule has 2 N–H and O–H groups in total. The maximum atomic E-state index is 12.9. The molecule has 0 radical (unpaired) electrons. The summed E-state index contributed by atoms with van der Waals surface area (Å²) in [7, 11) is -3.49. The van der Waals surface area contributed by atoms with Gasteiger partial charge in [-0.05, 0) is 36.8 Å². The molecule has 0 aliphatic carbocycles. The van der Waals surface area contributed by atoms with Gasteiger partial charge in [0.2, 0.25) is 10.0 Å². The van der Waals surface area contributed by atoms with Gasteiger partial charge in [0.05, 0.1) is 17.5 Å². The molecule has 0 saturated heterocycles. The second-order valence-electron chi connectivity index (χ2n) is 6.47. The Hall–Kier alpha value is -2.92. The average Bonchev–Trinajstić information content (AvgIpc) is 3.13. The summed E-state index contributed by atoms with van der Waals surface area (Å²) in [5, 5.41) is 4.31. The molecule has 1 amide bonds. The van der Waals surface area contributed by atoms with Gasteiger partial charge in [-0.3, -0.25) is 9.52 Å². The van der Waals surface area contributed by atoms with E-state index in [1.807, 2.05) is 0 Å². The number of thiazole rings is 1. The molecule has 0 aliphatic heterocycles. The van der Waals surface area contributed by atoms with Crippen molar-refractivity contribution in [2.45, 2.75) is 13.1 Å². The minimum Gasteiger partial charge on any atom is -0.321 e. The Morgan fingerprint density at radius 1 is 1.13 bits per heavy atom. The minimum absolute atomic E-state index is 0.0330. The van der Waals surface area contributed by atoms with Gasteiger partial charge in [0, 0.05) is 16.6 Å². The van der Waals surface area contributed by atoms with Crippen LogP contribution in [0.25, 0.3) is 10.6 Å². The Morgan fingerprint density at radius 2 is 1.87 bits per heavy atom. The van der Waals surface area contributed by atoms with Gasteiger partial charge in [0.15, 0.2) is 0 Å². The molecule has 0 atom stereocenters. The lowest BCUT2D eigenvalue weighted by Gasteiger charge is -2.10. The molecule has 3 aromatic rings. The van der Waals surface area contributed by atoms with Crippen LogP contribution in [0.2, 0.25) is 0 Å². The number of anilines is 2. The number of hydrogen-bond donors (Lipinski definition) is 2. The monoisotopic (exact) mass is 455 g/mol. The molecule has 1 aromatic heterocycles. The van der Waals surface area contributed by atoms with E-state index in [0.717, 1.165) is 29.7 Å². The number of sulfonamides is 1. The summed E-state index contributed by atoms with van der Waals surface area (Å²) >= 11 is 1.04. The Bertz CT molecular complexity index is 1200. The smallest absolute Gasteiger partial charge is 0.321 e. The van der Waals surface area contributed by atoms with E-state index in [0.29, 0.717) is 16.9 Å². The number of rotatable bonds is 5. The molecule has 2 aromatic carbocycles. The van der Waals surface area contributed by atoms with Crippen LogP contribution in [-0.4, -0.2) is 25.6 Å². The molecule has 1 heterocycles. The van der Waals surface area contributed by atoms with E-state index < -0.39 is 27.7 Å². The highest BCUT2D eigenvalue weighted by molar-refractivity contribution is 7.92. The van der Waals surface area contributed by atoms with Crippen molar-refractivity contribution in [1.29, 1.82) is 0 Å². The number of aryl methyl sites for hydroxylation is 1. The highest BCUT2D eigenvalue weighted by atomic mass is 32.2. The van der Waals surface area contributed by atoms with E-state index in [1.54, 1.807) is 19.1 Å². The fourth-order valence-electron chi connectivity index (χ4n) is 2.54. The molecule has 11 heteroatoms. The number of hydrogen-bond acceptors (Lipinski definition) is 5. The molecule has 6 nitrogen and oxygen atoms in total. The maximum Gasteiger partial charge on any atom is 0.416 e. The lowest BCUT2D eigenvalue weighted by molar-refractivity contribution is -0.137. The molecule has 0 saturated carbocycles. The van der Waals surface area contributed by atoms with Gasteiger partial charge in [-0.2, -0.15) is 13.2 Å². The summed E-state index contributed by atoms with van der Waals surface area (Å²) in [5.74, 6) is -0.571. The van der Waals surface area contributed by atoms with E-state index >= 15 is 0 Å². The fourth-order valence-corrected chi connectivity index (χ4v) is 3.96. The lowest BCUT2D eigenvalue weighted by atomic mass is 10.1. The molecule has 158 valence electrons. The summed E-state index contributed by atoms with van der Waals surface area (Å²) < 4.78 is 64.0. The molecule has 0 fully saturated rings. The largest absolute Gasteiger partial charge is 0.416 e. The quantitative estimate of drug-likeness (QED) is 0.581. The van der Waals surface area contributed by atoms with Crippen LogP contribution >= 0.6 is 11.3 Å². The van der Waals surface area contributed by atoms with Gasteiger partial charge < -0.3 is 5.32 Å². The molecule has 0 unspecified atom stereocenters. The van der Waals surface area contributed by atoms with E-state index in [1.165, 1.54) is 23.6 Å². The Balaban J connectivity index is 1.80. The van der Waals surface area contributed by atoms with E-state index in [-0.39, 0.29) is 16.3 Å². The highest BCUT2D eigenvalue weighted by Crippen LogP contribution is 2.33. The number of nitrogens with zero attached hydrogens (tertiary/aromatic N) is 1. The summed E-state index contributed by atoms with van der Waals surface area (Å²) in [6.07, 6.45) is -3.46. The zero-order valence-electron chi connectivity index (χ0n) is 15.7. The summed E-state index contributed by atoms with van der Waals surface area (Å²) in [6.45, 7) is 1.71. The maximum absolute atomic E-state index is 12.9. The van der Waals surface area contributed by atoms with Crippen LogP contribution in [0.5, 0.6) is 0 Å². The van der Waals surface area contributed by atoms with E-state index in [9.17, 15) is 26.4 Å². The van der Waals surface area contributed by atoms with Crippen LogP contribution in [-0.2, 0) is 16.2 Å². The van der Waals surface area contributed by atoms with Gasteiger partial charge >= 0.3 is 6.18 Å². The number of alkyl halides is 3. The molecular formula is C19H16F3N3O3S2. The summed E-state index contributed by atoms with van der Waals surface area (Å²) in [6, 6.07) is 9.40. The zero-order valence-corrected chi connectivity index (χ0v) is 17.4. The zero-order chi connectivity index (χ0) is 22.1. The SMILES string of the molecule is Cc1ccc(NC(=O)c2csc(-c3cccc(C(F)(F)F)c3)n2)cc1NS(C)(=O)=O. The van der Waals surface area contributed by atoms with Crippen molar-refractivity contribution in [2.75, 3.05) is 16.3 Å². The second-order valence-corrected chi connectivity index (χ2v) is 9.08. The van der Waals surface area contributed by atoms with Crippen molar-refractivity contribution in [3.63, 3.8) is 0 Å². The normalized spacial score (nSPS) is 11.9. The minimum atomic E-state index is -4.48. The van der Waals surface area contributed by atoms with Crippen molar-refractivity contribution in [1.82, 2.24) is 4.98 Å². The van der Waals surface area contributed by atoms with Crippen LogP contribution in [0.1, 0.15) is 21.6 Å². The molecule has 0 spiro atoms. The van der Waals surface area contributed by atoms with Crippen molar-refractivity contribution >= 4 is 38.6 Å². The summed E-state index contributed by atoms with van der Waals surface area (Å²) in [5.41, 5.74) is 0.809. The van der Waals surface area contributed by atoms with Crippen molar-refractivity contribution in [3.8, 4) is 10.6 Å². The number of halogens is 3. The second kappa shape index (κ2) is 8.07. The molecule has 30 heavy (non-hydrogen) atoms. The van der Waals surface area contributed by atoms with E-state index in [4.69, 9.17) is 0 Å². The van der Waals surface area contributed by atoms with Crippen molar-refractivity contribution in [2.24, 2.45) is 0 Å². The van der Waals surface area contributed by atoms with Gasteiger partial charge in [0.25, 0.3) is 5.91 Å². The van der Waals surface area contributed by atoms with E-state index in [2.05, 4.69) is 15.0 Å². The number of aromatic nitrogens is 1. The third kappa shape index (κ3) is 5.36. The average molecular weight is 455 g/mol.